The average molecular weight is 472 g/mol. The molecule has 1 aliphatic rings. The zero-order chi connectivity index (χ0) is 25.0. The molecule has 0 spiro atoms. The lowest BCUT2D eigenvalue weighted by Gasteiger charge is -2.27. The predicted molar refractivity (Wildman–Crippen MR) is 131 cm³/mol. The molecule has 2 amide bonds. The first-order chi connectivity index (χ1) is 16.2. The summed E-state index contributed by atoms with van der Waals surface area (Å²) in [4.78, 5) is 56.7. The molecular formula is C24H33N5O5. The van der Waals surface area contributed by atoms with Crippen molar-refractivity contribution in [3.63, 3.8) is 0 Å². The van der Waals surface area contributed by atoms with E-state index in [1.165, 1.54) is 16.6 Å². The van der Waals surface area contributed by atoms with E-state index in [0.717, 1.165) is 17.7 Å². The van der Waals surface area contributed by atoms with Gasteiger partial charge in [0.05, 0.1) is 12.5 Å². The topological polar surface area (TPSA) is 131 Å². The van der Waals surface area contributed by atoms with E-state index in [2.05, 4.69) is 4.98 Å². The number of nitrogens with zero attached hydrogens (tertiary/aromatic N) is 3. The molecule has 1 aromatic heterocycles. The lowest BCUT2D eigenvalue weighted by atomic mass is 10.1. The van der Waals surface area contributed by atoms with Gasteiger partial charge in [0.25, 0.3) is 5.56 Å². The Kier molecular flexibility index (Phi) is 7.93. The van der Waals surface area contributed by atoms with Gasteiger partial charge in [-0.25, -0.2) is 4.79 Å². The number of aromatic amines is 1. The Labute approximate surface area is 198 Å². The monoisotopic (exact) mass is 471 g/mol. The molecule has 10 heteroatoms. The molecule has 1 fully saturated rings. The first kappa shape index (κ1) is 25.2. The number of benzene rings is 1. The fourth-order valence-electron chi connectivity index (χ4n) is 4.19. The summed E-state index contributed by atoms with van der Waals surface area (Å²) in [5, 5.41) is 0. The van der Waals surface area contributed by atoms with Gasteiger partial charge in [-0.3, -0.25) is 23.9 Å². The Morgan fingerprint density at radius 1 is 1.29 bits per heavy atom. The summed E-state index contributed by atoms with van der Waals surface area (Å²) >= 11 is 0. The molecule has 0 aliphatic carbocycles. The van der Waals surface area contributed by atoms with Crippen LogP contribution < -0.4 is 26.8 Å². The third-order valence-electron chi connectivity index (χ3n) is 5.92. The summed E-state index contributed by atoms with van der Waals surface area (Å²) < 4.78 is 6.41. The number of nitrogen functional groups attached to an aromatic ring is 1. The number of ether oxygens (including phenoxy) is 1. The molecule has 2 heterocycles. The minimum atomic E-state index is -0.746. The SMILES string of the molecule is CCc1cccc(N2CC(C(=O)N(CCOC)c3c(N)n(CC(C)C)c(=O)[nH]c3=O)CC2=O)c1. The molecular weight excluding hydrogens is 438 g/mol. The minimum absolute atomic E-state index is 0.0160. The third-order valence-corrected chi connectivity index (χ3v) is 5.92. The number of nitrogens with two attached hydrogens (primary N) is 1. The maximum Gasteiger partial charge on any atom is 0.330 e. The largest absolute Gasteiger partial charge is 0.383 e. The lowest BCUT2D eigenvalue weighted by Crippen LogP contribution is -2.45. The second-order valence-electron chi connectivity index (χ2n) is 8.91. The van der Waals surface area contributed by atoms with Crippen molar-refractivity contribution in [2.75, 3.05) is 42.3 Å². The molecule has 0 saturated carbocycles. The van der Waals surface area contributed by atoms with Crippen LogP contribution in [0.5, 0.6) is 0 Å². The van der Waals surface area contributed by atoms with Gasteiger partial charge in [0.1, 0.15) is 5.82 Å². The second-order valence-corrected chi connectivity index (χ2v) is 8.91. The van der Waals surface area contributed by atoms with E-state index in [9.17, 15) is 19.2 Å². The number of carbonyl (C=O) groups is 2. The van der Waals surface area contributed by atoms with E-state index in [1.54, 1.807) is 4.90 Å². The van der Waals surface area contributed by atoms with Gasteiger partial charge < -0.3 is 20.3 Å². The van der Waals surface area contributed by atoms with Crippen molar-refractivity contribution in [3.8, 4) is 0 Å². The zero-order valence-electron chi connectivity index (χ0n) is 20.2. The van der Waals surface area contributed by atoms with Crippen LogP contribution in [0.1, 0.15) is 32.8 Å². The number of methoxy groups -OCH3 is 1. The number of aromatic nitrogens is 2. The highest BCUT2D eigenvalue weighted by Crippen LogP contribution is 2.29. The molecule has 3 N–H and O–H groups in total. The Hall–Kier alpha value is -3.40. The molecule has 1 aliphatic heterocycles. The summed E-state index contributed by atoms with van der Waals surface area (Å²) in [6, 6.07) is 7.66. The maximum atomic E-state index is 13.6. The van der Waals surface area contributed by atoms with Gasteiger partial charge in [-0.15, -0.1) is 0 Å². The number of nitrogens with one attached hydrogen (secondary N) is 1. The van der Waals surface area contributed by atoms with Gasteiger partial charge in [0.2, 0.25) is 11.8 Å². The molecule has 34 heavy (non-hydrogen) atoms. The highest BCUT2D eigenvalue weighted by Gasteiger charge is 2.39. The van der Waals surface area contributed by atoms with Crippen molar-refractivity contribution in [3.05, 3.63) is 50.7 Å². The van der Waals surface area contributed by atoms with Crippen LogP contribution in [0.3, 0.4) is 0 Å². The van der Waals surface area contributed by atoms with Gasteiger partial charge >= 0.3 is 5.69 Å². The van der Waals surface area contributed by atoms with Gasteiger partial charge in [-0.05, 0) is 30.0 Å². The summed E-state index contributed by atoms with van der Waals surface area (Å²) in [6.45, 7) is 6.54. The summed E-state index contributed by atoms with van der Waals surface area (Å²) in [5.74, 6) is -1.24. The molecule has 184 valence electrons. The molecule has 1 unspecified atom stereocenters. The fraction of sp³-hybridized carbons (Fsp3) is 0.500. The molecule has 10 nitrogen and oxygen atoms in total. The van der Waals surface area contributed by atoms with Crippen LogP contribution in [0.2, 0.25) is 0 Å². The van der Waals surface area contributed by atoms with Crippen LogP contribution in [0, 0.1) is 11.8 Å². The maximum absolute atomic E-state index is 13.6. The van der Waals surface area contributed by atoms with Gasteiger partial charge in [-0.2, -0.15) is 0 Å². The lowest BCUT2D eigenvalue weighted by molar-refractivity contribution is -0.124. The molecule has 3 rings (SSSR count). The molecule has 1 aromatic carbocycles. The minimum Gasteiger partial charge on any atom is -0.383 e. The van der Waals surface area contributed by atoms with Crippen LogP contribution in [0.25, 0.3) is 0 Å². The number of carbonyl (C=O) groups excluding carboxylic acids is 2. The number of hydrogen-bond donors (Lipinski definition) is 2. The standard InChI is InChI=1S/C24H33N5O5/c1-5-16-7-6-8-18(11-16)28-14-17(12-19(28)30)23(32)27(9-10-34-4)20-21(25)29(13-15(2)3)24(33)26-22(20)31/h6-8,11,15,17H,5,9-10,12-14,25H2,1-4H3,(H,26,31,33). The van der Waals surface area contributed by atoms with Crippen molar-refractivity contribution in [1.29, 1.82) is 0 Å². The van der Waals surface area contributed by atoms with E-state index in [-0.39, 0.29) is 56.0 Å². The fourth-order valence-corrected chi connectivity index (χ4v) is 4.19. The molecule has 0 bridgehead atoms. The highest BCUT2D eigenvalue weighted by molar-refractivity contribution is 6.05. The number of hydrogen-bond acceptors (Lipinski definition) is 6. The number of anilines is 3. The van der Waals surface area contributed by atoms with Crippen LogP contribution in [0.15, 0.2) is 33.9 Å². The van der Waals surface area contributed by atoms with Crippen LogP contribution >= 0.6 is 0 Å². The predicted octanol–water partition coefficient (Wildman–Crippen LogP) is 1.37. The van der Waals surface area contributed by atoms with Gasteiger partial charge in [-0.1, -0.05) is 32.9 Å². The van der Waals surface area contributed by atoms with E-state index in [1.807, 2.05) is 45.0 Å². The first-order valence-electron chi connectivity index (χ1n) is 11.5. The Morgan fingerprint density at radius 2 is 2.03 bits per heavy atom. The average Bonchev–Trinajstić information content (AvgIpc) is 3.19. The van der Waals surface area contributed by atoms with Gasteiger partial charge in [0, 0.05) is 38.9 Å². The van der Waals surface area contributed by atoms with Crippen LogP contribution in [-0.4, -0.2) is 48.2 Å². The van der Waals surface area contributed by atoms with Crippen LogP contribution in [0.4, 0.5) is 17.2 Å². The first-order valence-corrected chi connectivity index (χ1v) is 11.5. The van der Waals surface area contributed by atoms with E-state index >= 15 is 0 Å². The van der Waals surface area contributed by atoms with E-state index in [4.69, 9.17) is 10.5 Å². The number of H-pyrrole nitrogens is 1. The quantitative estimate of drug-likeness (QED) is 0.568. The second kappa shape index (κ2) is 10.7. The van der Waals surface area contributed by atoms with Crippen molar-refractivity contribution in [2.24, 2.45) is 11.8 Å². The Balaban J connectivity index is 1.96. The number of rotatable bonds is 9. The normalized spacial score (nSPS) is 15.9. The van der Waals surface area contributed by atoms with Crippen molar-refractivity contribution in [2.45, 2.75) is 40.2 Å². The van der Waals surface area contributed by atoms with E-state index in [0.29, 0.717) is 0 Å². The summed E-state index contributed by atoms with van der Waals surface area (Å²) in [7, 11) is 1.48. The summed E-state index contributed by atoms with van der Waals surface area (Å²) in [5.41, 5.74) is 6.61. The van der Waals surface area contributed by atoms with Crippen molar-refractivity contribution in [1.82, 2.24) is 9.55 Å². The number of aryl methyl sites for hydroxylation is 1. The summed E-state index contributed by atoms with van der Waals surface area (Å²) in [6.07, 6.45) is 0.847. The molecule has 1 atom stereocenters. The molecule has 2 aromatic rings. The Morgan fingerprint density at radius 3 is 2.68 bits per heavy atom. The highest BCUT2D eigenvalue weighted by atomic mass is 16.5. The Bertz CT molecular complexity index is 1170. The zero-order valence-corrected chi connectivity index (χ0v) is 20.2. The van der Waals surface area contributed by atoms with Crippen molar-refractivity contribution < 1.29 is 14.3 Å². The smallest absolute Gasteiger partial charge is 0.330 e. The molecule has 1 saturated heterocycles. The third kappa shape index (κ3) is 5.22. The van der Waals surface area contributed by atoms with Gasteiger partial charge in [0.15, 0.2) is 5.69 Å². The van der Waals surface area contributed by atoms with E-state index < -0.39 is 23.1 Å². The molecule has 0 radical (unpaired) electrons. The number of amides is 2. The van der Waals surface area contributed by atoms with Crippen molar-refractivity contribution >= 4 is 29.0 Å². The van der Waals surface area contributed by atoms with Crippen LogP contribution in [-0.2, 0) is 27.3 Å².